The molecule has 2 heterocycles. The second-order valence-electron chi connectivity index (χ2n) is 2.94. The first-order valence-electron chi connectivity index (χ1n) is 4.10. The zero-order chi connectivity index (χ0) is 8.67. The van der Waals surface area contributed by atoms with E-state index in [1.54, 1.807) is 12.5 Å². The van der Waals surface area contributed by atoms with Crippen molar-refractivity contribution in [1.82, 2.24) is 9.55 Å². The van der Waals surface area contributed by atoms with Gasteiger partial charge in [-0.1, -0.05) is 12.1 Å². The molecule has 3 heteroatoms. The van der Waals surface area contributed by atoms with Crippen molar-refractivity contribution >= 4 is 23.4 Å². The van der Waals surface area contributed by atoms with Crippen molar-refractivity contribution in [1.29, 1.82) is 0 Å². The lowest BCUT2D eigenvalue weighted by molar-refractivity contribution is 1.17. The highest BCUT2D eigenvalue weighted by atomic mass is 15.0. The minimum atomic E-state index is 1.01. The summed E-state index contributed by atoms with van der Waals surface area (Å²) in [6.07, 6.45) is 7.33. The number of imidazole rings is 1. The molecule has 0 spiro atoms. The fourth-order valence-corrected chi connectivity index (χ4v) is 1.57. The largest absolute Gasteiger partial charge is 0.303 e. The maximum atomic E-state index is 4.28. The number of aliphatic imine (C=N–C) groups is 1. The van der Waals surface area contributed by atoms with E-state index in [-0.39, 0.29) is 0 Å². The number of benzene rings is 1. The Kier molecular flexibility index (Phi) is 1.16. The van der Waals surface area contributed by atoms with E-state index in [1.807, 2.05) is 35.2 Å². The summed E-state index contributed by atoms with van der Waals surface area (Å²) in [7, 11) is 0. The molecule has 62 valence electrons. The molecule has 2 aromatic rings. The molecule has 0 bridgehead atoms. The van der Waals surface area contributed by atoms with E-state index in [0.717, 1.165) is 16.6 Å². The van der Waals surface area contributed by atoms with Gasteiger partial charge in [-0.05, 0) is 6.07 Å². The summed E-state index contributed by atoms with van der Waals surface area (Å²) in [4.78, 5) is 8.41. The maximum absolute atomic E-state index is 4.28. The van der Waals surface area contributed by atoms with E-state index < -0.39 is 0 Å². The summed E-state index contributed by atoms with van der Waals surface area (Å²) in [6.45, 7) is 0. The van der Waals surface area contributed by atoms with E-state index in [0.29, 0.717) is 0 Å². The molecule has 0 saturated heterocycles. The van der Waals surface area contributed by atoms with Crippen LogP contribution in [-0.4, -0.2) is 15.8 Å². The van der Waals surface area contributed by atoms with Crippen LogP contribution in [0.25, 0.3) is 17.2 Å². The second-order valence-corrected chi connectivity index (χ2v) is 2.94. The molecule has 0 atom stereocenters. The zero-order valence-electron chi connectivity index (χ0n) is 6.88. The lowest BCUT2D eigenvalue weighted by atomic mass is 10.2. The number of hydrogen-bond acceptors (Lipinski definition) is 2. The first-order valence-corrected chi connectivity index (χ1v) is 4.10. The van der Waals surface area contributed by atoms with E-state index in [1.165, 1.54) is 0 Å². The number of nitrogens with zero attached hydrogens (tertiary/aromatic N) is 3. The molecule has 1 aliphatic rings. The van der Waals surface area contributed by atoms with Gasteiger partial charge in [0.25, 0.3) is 0 Å². The molecule has 0 aliphatic carbocycles. The summed E-state index contributed by atoms with van der Waals surface area (Å²) < 4.78 is 1.98. The van der Waals surface area contributed by atoms with Gasteiger partial charge in [0, 0.05) is 24.2 Å². The van der Waals surface area contributed by atoms with E-state index in [2.05, 4.69) is 9.98 Å². The van der Waals surface area contributed by atoms with Gasteiger partial charge in [-0.25, -0.2) is 4.98 Å². The summed E-state index contributed by atoms with van der Waals surface area (Å²) in [5.41, 5.74) is 3.25. The predicted octanol–water partition coefficient (Wildman–Crippen LogP) is 1.90. The number of aromatic nitrogens is 2. The smallest absolute Gasteiger partial charge is 0.1000 e. The lowest BCUT2D eigenvalue weighted by Crippen LogP contribution is -1.86. The minimum Gasteiger partial charge on any atom is -0.303 e. The molecule has 0 N–H and O–H groups in total. The molecule has 13 heavy (non-hydrogen) atoms. The summed E-state index contributed by atoms with van der Waals surface area (Å²) >= 11 is 0. The molecular weight excluding hydrogens is 162 g/mol. The van der Waals surface area contributed by atoms with Crippen molar-refractivity contribution in [3.05, 3.63) is 36.3 Å². The zero-order valence-corrected chi connectivity index (χ0v) is 6.88. The molecule has 0 radical (unpaired) electrons. The Bertz CT molecular complexity index is 520. The van der Waals surface area contributed by atoms with E-state index >= 15 is 0 Å². The molecule has 0 amide bonds. The molecule has 1 aliphatic heterocycles. The maximum Gasteiger partial charge on any atom is 0.1000 e. The van der Waals surface area contributed by atoms with Crippen LogP contribution in [0.4, 0.5) is 0 Å². The third kappa shape index (κ3) is 0.839. The average molecular weight is 169 g/mol. The number of hydrogen-bond donors (Lipinski definition) is 0. The molecule has 0 unspecified atom stereocenters. The average Bonchev–Trinajstić information content (AvgIpc) is 2.44. The van der Waals surface area contributed by atoms with Gasteiger partial charge in [0.05, 0.1) is 17.4 Å². The second kappa shape index (κ2) is 2.29. The normalized spacial score (nSPS) is 13.5. The van der Waals surface area contributed by atoms with Gasteiger partial charge in [0.15, 0.2) is 0 Å². The molecular formula is C10H7N3. The van der Waals surface area contributed by atoms with Crippen LogP contribution in [0, 0.1) is 0 Å². The Labute approximate surface area is 75.0 Å². The van der Waals surface area contributed by atoms with Gasteiger partial charge < -0.3 is 4.57 Å². The monoisotopic (exact) mass is 169 g/mol. The van der Waals surface area contributed by atoms with Crippen molar-refractivity contribution in [2.75, 3.05) is 0 Å². The quantitative estimate of drug-likeness (QED) is 0.592. The molecule has 1 aromatic carbocycles. The highest BCUT2D eigenvalue weighted by Crippen LogP contribution is 2.18. The van der Waals surface area contributed by atoms with Crippen LogP contribution in [0.3, 0.4) is 0 Å². The molecule has 3 rings (SSSR count). The van der Waals surface area contributed by atoms with Crippen molar-refractivity contribution in [3.8, 4) is 0 Å². The van der Waals surface area contributed by atoms with Crippen molar-refractivity contribution in [3.63, 3.8) is 0 Å². The van der Waals surface area contributed by atoms with E-state index in [4.69, 9.17) is 0 Å². The predicted molar refractivity (Wildman–Crippen MR) is 52.7 cm³/mol. The van der Waals surface area contributed by atoms with Gasteiger partial charge >= 0.3 is 0 Å². The Morgan fingerprint density at radius 3 is 3.23 bits per heavy atom. The highest BCUT2D eigenvalue weighted by molar-refractivity contribution is 5.98. The van der Waals surface area contributed by atoms with Gasteiger partial charge in [-0.2, -0.15) is 0 Å². The van der Waals surface area contributed by atoms with Gasteiger partial charge in [0.2, 0.25) is 0 Å². The number of para-hydroxylation sites is 1. The van der Waals surface area contributed by atoms with Crippen LogP contribution < -0.4 is 0 Å². The van der Waals surface area contributed by atoms with Crippen LogP contribution in [0.1, 0.15) is 5.56 Å². The summed E-state index contributed by atoms with van der Waals surface area (Å²) in [5, 5.41) is 0. The summed E-state index contributed by atoms with van der Waals surface area (Å²) in [6, 6.07) is 6.03. The van der Waals surface area contributed by atoms with Gasteiger partial charge in [0.1, 0.15) is 0 Å². The summed E-state index contributed by atoms with van der Waals surface area (Å²) in [5.74, 6) is 0. The lowest BCUT2D eigenvalue weighted by Gasteiger charge is -1.96. The van der Waals surface area contributed by atoms with Crippen LogP contribution >= 0.6 is 0 Å². The Balaban J connectivity index is 2.56. The molecule has 0 fully saturated rings. The minimum absolute atomic E-state index is 1.01. The van der Waals surface area contributed by atoms with Crippen molar-refractivity contribution < 1.29 is 0 Å². The third-order valence-electron chi connectivity index (χ3n) is 2.15. The van der Waals surface area contributed by atoms with Crippen LogP contribution in [0.5, 0.6) is 0 Å². The fraction of sp³-hybridized carbons (Fsp3) is 0. The topological polar surface area (TPSA) is 30.2 Å². The van der Waals surface area contributed by atoms with Crippen LogP contribution in [0.15, 0.2) is 35.7 Å². The first kappa shape index (κ1) is 6.60. The highest BCUT2D eigenvalue weighted by Gasteiger charge is 2.05. The van der Waals surface area contributed by atoms with E-state index in [9.17, 15) is 0 Å². The van der Waals surface area contributed by atoms with Crippen molar-refractivity contribution in [2.45, 2.75) is 0 Å². The van der Waals surface area contributed by atoms with Crippen LogP contribution in [-0.2, 0) is 0 Å². The van der Waals surface area contributed by atoms with Gasteiger partial charge in [-0.3, -0.25) is 4.99 Å². The molecule has 3 nitrogen and oxygen atoms in total. The Morgan fingerprint density at radius 2 is 2.23 bits per heavy atom. The Morgan fingerprint density at radius 1 is 1.23 bits per heavy atom. The first-order chi connectivity index (χ1) is 6.45. The molecule has 1 aromatic heterocycles. The Hall–Kier alpha value is -1.90. The van der Waals surface area contributed by atoms with Gasteiger partial charge in [-0.15, -0.1) is 0 Å². The van der Waals surface area contributed by atoms with Crippen LogP contribution in [0.2, 0.25) is 0 Å². The third-order valence-corrected chi connectivity index (χ3v) is 2.15. The SMILES string of the molecule is C1=Cn2cnc3cccc(c32)C=N1. The number of rotatable bonds is 0. The fourth-order valence-electron chi connectivity index (χ4n) is 1.57. The molecule has 0 saturated carbocycles. The standard InChI is InChI=1S/C10H7N3/c1-2-8-6-11-4-5-13-7-12-9(3-1)10(8)13/h1-7H. The van der Waals surface area contributed by atoms with Crippen molar-refractivity contribution in [2.24, 2.45) is 4.99 Å².